The number of aryl methyl sites for hydroxylation is 1. The number of carbonyl (C=O) groups is 3. The van der Waals surface area contributed by atoms with Crippen molar-refractivity contribution < 1.29 is 28.6 Å². The summed E-state index contributed by atoms with van der Waals surface area (Å²) in [6.45, 7) is 0.428. The van der Waals surface area contributed by atoms with Crippen LogP contribution in [0.3, 0.4) is 0 Å². The summed E-state index contributed by atoms with van der Waals surface area (Å²) in [5, 5.41) is 12.5. The van der Waals surface area contributed by atoms with Gasteiger partial charge in [-0.15, -0.1) is 0 Å². The van der Waals surface area contributed by atoms with Crippen LogP contribution in [0.2, 0.25) is 0 Å². The van der Waals surface area contributed by atoms with Crippen LogP contribution in [0.4, 0.5) is 14.9 Å². The Morgan fingerprint density at radius 3 is 2.62 bits per heavy atom. The van der Waals surface area contributed by atoms with E-state index in [0.717, 1.165) is 6.07 Å². The fraction of sp³-hybridized carbons (Fsp3) is 0.250. The standard InChI is InChI=1S/C12H12BrFN2O5/c1-6-2-7(13)8(14)3-9(6)15-12(20)16-10(17)4-21-5-11(18)19/h2-3H,4-5H2,1H3,(H,18,19)(H2,15,16,17,20). The molecule has 0 saturated carbocycles. The van der Waals surface area contributed by atoms with Crippen LogP contribution in [-0.2, 0) is 14.3 Å². The fourth-order valence-corrected chi connectivity index (χ4v) is 1.79. The van der Waals surface area contributed by atoms with Gasteiger partial charge in [-0.25, -0.2) is 14.0 Å². The molecule has 0 aromatic heterocycles. The molecular formula is C12H12BrFN2O5. The predicted octanol–water partition coefficient (Wildman–Crippen LogP) is 1.65. The van der Waals surface area contributed by atoms with Gasteiger partial charge in [0.05, 0.1) is 4.47 Å². The van der Waals surface area contributed by atoms with Gasteiger partial charge in [0, 0.05) is 5.69 Å². The number of imide groups is 1. The molecule has 114 valence electrons. The van der Waals surface area contributed by atoms with E-state index in [9.17, 15) is 18.8 Å². The lowest BCUT2D eigenvalue weighted by Gasteiger charge is -2.10. The van der Waals surface area contributed by atoms with Crippen LogP contribution in [-0.4, -0.2) is 36.2 Å². The van der Waals surface area contributed by atoms with E-state index >= 15 is 0 Å². The topological polar surface area (TPSA) is 105 Å². The number of nitrogens with one attached hydrogen (secondary N) is 2. The molecule has 0 unspecified atom stereocenters. The number of carboxylic acid groups (broad SMARTS) is 1. The monoisotopic (exact) mass is 362 g/mol. The molecule has 1 aromatic rings. The molecule has 9 heteroatoms. The Kier molecular flexibility index (Phi) is 6.25. The van der Waals surface area contributed by atoms with Crippen molar-refractivity contribution in [3.05, 3.63) is 28.0 Å². The molecule has 0 saturated heterocycles. The Bertz CT molecular complexity index is 579. The lowest BCUT2D eigenvalue weighted by molar-refractivity contribution is -0.143. The molecule has 1 rings (SSSR count). The molecule has 21 heavy (non-hydrogen) atoms. The zero-order valence-corrected chi connectivity index (χ0v) is 12.5. The number of carbonyl (C=O) groups excluding carboxylic acids is 2. The van der Waals surface area contributed by atoms with Gasteiger partial charge in [0.25, 0.3) is 5.91 Å². The normalized spacial score (nSPS) is 10.0. The second-order valence-electron chi connectivity index (χ2n) is 3.97. The number of benzene rings is 1. The summed E-state index contributed by atoms with van der Waals surface area (Å²) in [5.41, 5.74) is 0.792. The number of aliphatic carboxylic acids is 1. The molecule has 1 aromatic carbocycles. The first kappa shape index (κ1) is 17.1. The van der Waals surface area contributed by atoms with Crippen LogP contribution in [0.5, 0.6) is 0 Å². The van der Waals surface area contributed by atoms with Gasteiger partial charge in [0.1, 0.15) is 19.0 Å². The average molecular weight is 363 g/mol. The van der Waals surface area contributed by atoms with Crippen LogP contribution in [0.25, 0.3) is 0 Å². The minimum Gasteiger partial charge on any atom is -0.480 e. The number of hydrogen-bond donors (Lipinski definition) is 3. The Labute approximate surface area is 127 Å². The second-order valence-corrected chi connectivity index (χ2v) is 4.82. The van der Waals surface area contributed by atoms with Crippen LogP contribution >= 0.6 is 15.9 Å². The quantitative estimate of drug-likeness (QED) is 0.738. The van der Waals surface area contributed by atoms with E-state index < -0.39 is 36.9 Å². The highest BCUT2D eigenvalue weighted by Crippen LogP contribution is 2.23. The molecule has 0 bridgehead atoms. The minimum absolute atomic E-state index is 0.201. The van der Waals surface area contributed by atoms with Gasteiger partial charge in [-0.1, -0.05) is 0 Å². The van der Waals surface area contributed by atoms with Crippen LogP contribution in [0.1, 0.15) is 5.56 Å². The molecule has 0 atom stereocenters. The van der Waals surface area contributed by atoms with Crippen molar-refractivity contribution >= 4 is 39.5 Å². The van der Waals surface area contributed by atoms with Gasteiger partial charge in [-0.05, 0) is 40.5 Å². The molecule has 0 aliphatic heterocycles. The molecule has 0 fully saturated rings. The van der Waals surface area contributed by atoms with E-state index in [0.29, 0.717) is 5.56 Å². The fourth-order valence-electron chi connectivity index (χ4n) is 1.33. The molecule has 0 heterocycles. The number of urea groups is 1. The number of rotatable bonds is 5. The molecule has 0 radical (unpaired) electrons. The maximum absolute atomic E-state index is 13.4. The number of ether oxygens (including phenoxy) is 1. The highest BCUT2D eigenvalue weighted by atomic mass is 79.9. The molecular weight excluding hydrogens is 351 g/mol. The van der Waals surface area contributed by atoms with E-state index in [-0.39, 0.29) is 10.2 Å². The Morgan fingerprint density at radius 2 is 2.00 bits per heavy atom. The molecule has 3 N–H and O–H groups in total. The van der Waals surface area contributed by atoms with E-state index in [4.69, 9.17) is 5.11 Å². The number of amides is 3. The SMILES string of the molecule is Cc1cc(Br)c(F)cc1NC(=O)NC(=O)COCC(=O)O. The summed E-state index contributed by atoms with van der Waals surface area (Å²) < 4.78 is 18.1. The van der Waals surface area contributed by atoms with Gasteiger partial charge in [-0.3, -0.25) is 10.1 Å². The summed E-state index contributed by atoms with van der Waals surface area (Å²) in [4.78, 5) is 32.9. The number of carboxylic acids is 1. The van der Waals surface area contributed by atoms with Crippen molar-refractivity contribution in [3.8, 4) is 0 Å². The Balaban J connectivity index is 2.52. The van der Waals surface area contributed by atoms with Gasteiger partial charge >= 0.3 is 12.0 Å². The molecule has 7 nitrogen and oxygen atoms in total. The van der Waals surface area contributed by atoms with E-state index in [1.54, 1.807) is 6.92 Å². The van der Waals surface area contributed by atoms with Crippen molar-refractivity contribution in [3.63, 3.8) is 0 Å². The van der Waals surface area contributed by atoms with Crippen molar-refractivity contribution in [1.29, 1.82) is 0 Å². The molecule has 0 aliphatic carbocycles. The lowest BCUT2D eigenvalue weighted by atomic mass is 10.2. The summed E-state index contributed by atoms with van der Waals surface area (Å²) in [6, 6.07) is 1.70. The third-order valence-corrected chi connectivity index (χ3v) is 2.83. The Hall–Kier alpha value is -2.00. The molecule has 0 spiro atoms. The second kappa shape index (κ2) is 7.70. The number of anilines is 1. The number of halogens is 2. The predicted molar refractivity (Wildman–Crippen MR) is 74.5 cm³/mol. The van der Waals surface area contributed by atoms with Crippen molar-refractivity contribution in [2.75, 3.05) is 18.5 Å². The third kappa shape index (κ3) is 5.88. The van der Waals surface area contributed by atoms with Gasteiger partial charge in [0.2, 0.25) is 0 Å². The van der Waals surface area contributed by atoms with Crippen molar-refractivity contribution in [2.24, 2.45) is 0 Å². The largest absolute Gasteiger partial charge is 0.480 e. The van der Waals surface area contributed by atoms with Gasteiger partial charge in [-0.2, -0.15) is 0 Å². The number of hydrogen-bond acceptors (Lipinski definition) is 4. The zero-order chi connectivity index (χ0) is 16.0. The first-order valence-corrected chi connectivity index (χ1v) is 6.45. The molecule has 3 amide bonds. The lowest BCUT2D eigenvalue weighted by Crippen LogP contribution is -2.37. The summed E-state index contributed by atoms with van der Waals surface area (Å²) in [7, 11) is 0. The minimum atomic E-state index is -1.23. The van der Waals surface area contributed by atoms with Gasteiger partial charge in [0.15, 0.2) is 0 Å². The summed E-state index contributed by atoms with van der Waals surface area (Å²) in [5.74, 6) is -2.61. The van der Waals surface area contributed by atoms with Crippen LogP contribution < -0.4 is 10.6 Å². The summed E-state index contributed by atoms with van der Waals surface area (Å²) >= 11 is 3.00. The maximum Gasteiger partial charge on any atom is 0.329 e. The summed E-state index contributed by atoms with van der Waals surface area (Å²) in [6.07, 6.45) is 0. The highest BCUT2D eigenvalue weighted by Gasteiger charge is 2.12. The van der Waals surface area contributed by atoms with Gasteiger partial charge < -0.3 is 15.2 Å². The van der Waals surface area contributed by atoms with Crippen LogP contribution in [0.15, 0.2) is 16.6 Å². The van der Waals surface area contributed by atoms with E-state index in [2.05, 4.69) is 26.0 Å². The maximum atomic E-state index is 13.4. The van der Waals surface area contributed by atoms with E-state index in [1.807, 2.05) is 5.32 Å². The zero-order valence-electron chi connectivity index (χ0n) is 10.9. The molecule has 0 aliphatic rings. The first-order valence-electron chi connectivity index (χ1n) is 5.65. The Morgan fingerprint density at radius 1 is 1.33 bits per heavy atom. The average Bonchev–Trinajstić information content (AvgIpc) is 2.35. The smallest absolute Gasteiger partial charge is 0.329 e. The van der Waals surface area contributed by atoms with Crippen molar-refractivity contribution in [1.82, 2.24) is 5.32 Å². The van der Waals surface area contributed by atoms with Crippen LogP contribution in [0, 0.1) is 12.7 Å². The first-order chi connectivity index (χ1) is 9.79. The highest BCUT2D eigenvalue weighted by molar-refractivity contribution is 9.10. The third-order valence-electron chi connectivity index (χ3n) is 2.23. The van der Waals surface area contributed by atoms with Crippen molar-refractivity contribution in [2.45, 2.75) is 6.92 Å². The van der Waals surface area contributed by atoms with E-state index in [1.165, 1.54) is 6.07 Å².